The van der Waals surface area contributed by atoms with Crippen molar-refractivity contribution in [3.8, 4) is 0 Å². The summed E-state index contributed by atoms with van der Waals surface area (Å²) in [6, 6.07) is 13.4. The number of hydrogen-bond donors (Lipinski definition) is 1. The number of nitrogens with one attached hydrogen (secondary N) is 1. The van der Waals surface area contributed by atoms with Gasteiger partial charge < -0.3 is 10.2 Å². The van der Waals surface area contributed by atoms with Gasteiger partial charge in [-0.2, -0.15) is 0 Å². The number of benzene rings is 2. The minimum Gasteiger partial charge on any atom is -0.316 e. The summed E-state index contributed by atoms with van der Waals surface area (Å²) in [5.41, 5.74) is 4.95. The summed E-state index contributed by atoms with van der Waals surface area (Å²) in [6.45, 7) is 3.25. The first-order valence-electron chi connectivity index (χ1n) is 10.7. The molecule has 0 bridgehead atoms. The van der Waals surface area contributed by atoms with Crippen molar-refractivity contribution in [3.63, 3.8) is 0 Å². The molecule has 1 N–H and O–H groups in total. The second kappa shape index (κ2) is 9.50. The van der Waals surface area contributed by atoms with Crippen LogP contribution in [0.15, 0.2) is 42.5 Å². The molecule has 0 spiro atoms. The monoisotopic (exact) mass is 427 g/mol. The van der Waals surface area contributed by atoms with E-state index in [0.29, 0.717) is 11.8 Å². The maximum Gasteiger partial charge on any atom is 0.298 e. The summed E-state index contributed by atoms with van der Waals surface area (Å²) in [6.07, 6.45) is 4.55. The van der Waals surface area contributed by atoms with Crippen LogP contribution in [-0.4, -0.2) is 48.2 Å². The van der Waals surface area contributed by atoms with Gasteiger partial charge in [0.1, 0.15) is 5.82 Å². The Bertz CT molecular complexity index is 879. The van der Waals surface area contributed by atoms with Crippen LogP contribution >= 0.6 is 11.9 Å². The second-order valence-corrected chi connectivity index (χ2v) is 9.88. The number of likely N-dealkylation sites (tertiary alicyclic amines) is 1. The predicted octanol–water partition coefficient (Wildman–Crippen LogP) is 5.48. The van der Waals surface area contributed by atoms with E-state index in [2.05, 4.69) is 22.3 Å². The lowest BCUT2D eigenvalue weighted by Gasteiger charge is -2.34. The van der Waals surface area contributed by atoms with Gasteiger partial charge in [0.25, 0.3) is 5.24 Å². The molecule has 2 aliphatic rings. The van der Waals surface area contributed by atoms with Crippen LogP contribution in [0.5, 0.6) is 0 Å². The van der Waals surface area contributed by atoms with Crippen LogP contribution in [-0.2, 0) is 6.42 Å². The minimum absolute atomic E-state index is 0.0580. The third kappa shape index (κ3) is 5.23. The lowest BCUT2D eigenvalue weighted by molar-refractivity contribution is 0.200. The highest BCUT2D eigenvalue weighted by molar-refractivity contribution is 8.11. The molecule has 1 heterocycles. The molecule has 0 saturated carbocycles. The smallest absolute Gasteiger partial charge is 0.298 e. The number of carbonyl (C=O) groups is 1. The number of rotatable bonds is 5. The van der Waals surface area contributed by atoms with Gasteiger partial charge in [-0.15, -0.1) is 0 Å². The third-order valence-corrected chi connectivity index (χ3v) is 6.90. The van der Waals surface area contributed by atoms with Gasteiger partial charge in [0.15, 0.2) is 0 Å². The van der Waals surface area contributed by atoms with Gasteiger partial charge in [-0.3, -0.25) is 4.79 Å². The fourth-order valence-electron chi connectivity index (χ4n) is 4.76. The summed E-state index contributed by atoms with van der Waals surface area (Å²) in [7, 11) is 3.73. The van der Waals surface area contributed by atoms with E-state index in [-0.39, 0.29) is 11.1 Å². The number of aryl methyl sites for hydroxylation is 1. The molecule has 4 nitrogen and oxygen atoms in total. The Morgan fingerprint density at radius 2 is 1.87 bits per heavy atom. The lowest BCUT2D eigenvalue weighted by atomic mass is 9.89. The van der Waals surface area contributed by atoms with Crippen molar-refractivity contribution in [2.45, 2.75) is 37.5 Å². The van der Waals surface area contributed by atoms with Gasteiger partial charge in [-0.05, 0) is 106 Å². The van der Waals surface area contributed by atoms with Crippen molar-refractivity contribution < 1.29 is 9.18 Å². The first-order chi connectivity index (χ1) is 14.5. The zero-order chi connectivity index (χ0) is 21.1. The standard InChI is InChI=1S/C24H30FN3OS/c1-27(2)30-24(29)26-22-10-7-19-3-4-20(23(19)15-22)16-28-13-11-18(12-14-28)17-5-8-21(25)9-6-17/h5-10,15,18,20H,3-4,11-14,16H2,1-2H3,(H,26,29). The number of piperidine rings is 1. The Morgan fingerprint density at radius 3 is 2.57 bits per heavy atom. The highest BCUT2D eigenvalue weighted by Crippen LogP contribution is 2.37. The van der Waals surface area contributed by atoms with E-state index < -0.39 is 0 Å². The molecule has 1 amide bonds. The number of fused-ring (bicyclic) bond motifs is 1. The van der Waals surface area contributed by atoms with Gasteiger partial charge in [0, 0.05) is 24.2 Å². The van der Waals surface area contributed by atoms with Crippen LogP contribution in [0.1, 0.15) is 47.8 Å². The number of amides is 1. The van der Waals surface area contributed by atoms with E-state index in [4.69, 9.17) is 0 Å². The SMILES string of the molecule is CN(C)SC(=O)Nc1ccc2c(c1)C(CN1CCC(c3ccc(F)cc3)CC1)CC2. The Balaban J connectivity index is 1.34. The van der Waals surface area contributed by atoms with Crippen molar-refractivity contribution >= 4 is 22.9 Å². The molecule has 2 aromatic rings. The molecule has 4 rings (SSSR count). The number of hydrogen-bond acceptors (Lipinski definition) is 4. The lowest BCUT2D eigenvalue weighted by Crippen LogP contribution is -2.35. The quantitative estimate of drug-likeness (QED) is 0.641. The van der Waals surface area contributed by atoms with Crippen molar-refractivity contribution in [1.82, 2.24) is 9.21 Å². The highest BCUT2D eigenvalue weighted by atomic mass is 32.2. The van der Waals surface area contributed by atoms with E-state index in [0.717, 1.165) is 44.6 Å². The topological polar surface area (TPSA) is 35.6 Å². The minimum atomic E-state index is -0.160. The van der Waals surface area contributed by atoms with Gasteiger partial charge in [-0.25, -0.2) is 8.70 Å². The molecule has 1 unspecified atom stereocenters. The molecule has 30 heavy (non-hydrogen) atoms. The molecule has 2 aromatic carbocycles. The predicted molar refractivity (Wildman–Crippen MR) is 123 cm³/mol. The van der Waals surface area contributed by atoms with Crippen molar-refractivity contribution in [3.05, 3.63) is 65.0 Å². The van der Waals surface area contributed by atoms with Gasteiger partial charge in [-0.1, -0.05) is 18.2 Å². The maximum atomic E-state index is 13.2. The Labute approximate surface area is 183 Å². The normalized spacial score (nSPS) is 19.8. The van der Waals surface area contributed by atoms with E-state index >= 15 is 0 Å². The van der Waals surface area contributed by atoms with Crippen LogP contribution < -0.4 is 5.32 Å². The first kappa shape index (κ1) is 21.3. The fourth-order valence-corrected chi connectivity index (χ4v) is 5.25. The van der Waals surface area contributed by atoms with Crippen LogP contribution in [0, 0.1) is 5.82 Å². The molecule has 0 aromatic heterocycles. The van der Waals surface area contributed by atoms with Gasteiger partial charge >= 0.3 is 0 Å². The molecule has 1 aliphatic carbocycles. The Kier molecular flexibility index (Phi) is 6.76. The van der Waals surface area contributed by atoms with Crippen LogP contribution in [0.2, 0.25) is 0 Å². The van der Waals surface area contributed by atoms with Gasteiger partial charge in [0.2, 0.25) is 0 Å². The zero-order valence-electron chi connectivity index (χ0n) is 17.7. The summed E-state index contributed by atoms with van der Waals surface area (Å²) < 4.78 is 15.0. The summed E-state index contributed by atoms with van der Waals surface area (Å²) in [4.78, 5) is 14.6. The highest BCUT2D eigenvalue weighted by Gasteiger charge is 2.27. The van der Waals surface area contributed by atoms with E-state index in [9.17, 15) is 9.18 Å². The van der Waals surface area contributed by atoms with E-state index in [1.807, 2.05) is 32.3 Å². The van der Waals surface area contributed by atoms with Crippen LogP contribution in [0.25, 0.3) is 0 Å². The molecule has 6 heteroatoms. The van der Waals surface area contributed by atoms with Gasteiger partial charge in [0.05, 0.1) is 0 Å². The molecule has 1 saturated heterocycles. The summed E-state index contributed by atoms with van der Waals surface area (Å²) >= 11 is 1.17. The Hall–Kier alpha value is -1.89. The molecule has 0 radical (unpaired) electrons. The molecule has 160 valence electrons. The van der Waals surface area contributed by atoms with E-state index in [1.165, 1.54) is 35.1 Å². The van der Waals surface area contributed by atoms with Crippen molar-refractivity contribution in [2.24, 2.45) is 0 Å². The molecule has 1 aliphatic heterocycles. The average Bonchev–Trinajstić information content (AvgIpc) is 3.11. The first-order valence-corrected chi connectivity index (χ1v) is 11.5. The maximum absolute atomic E-state index is 13.2. The van der Waals surface area contributed by atoms with Crippen LogP contribution in [0.4, 0.5) is 14.9 Å². The second-order valence-electron chi connectivity index (χ2n) is 8.59. The Morgan fingerprint density at radius 1 is 1.13 bits per heavy atom. The summed E-state index contributed by atoms with van der Waals surface area (Å²) in [5, 5.41) is 2.94. The van der Waals surface area contributed by atoms with Crippen molar-refractivity contribution in [2.75, 3.05) is 39.0 Å². The largest absolute Gasteiger partial charge is 0.316 e. The molecular weight excluding hydrogens is 397 g/mol. The zero-order valence-corrected chi connectivity index (χ0v) is 18.6. The molecular formula is C24H30FN3OS. The number of carbonyl (C=O) groups excluding carboxylic acids is 1. The number of halogens is 1. The third-order valence-electron chi connectivity index (χ3n) is 6.27. The number of nitrogens with zero attached hydrogens (tertiary/aromatic N) is 2. The number of anilines is 1. The average molecular weight is 428 g/mol. The fraction of sp³-hybridized carbons (Fsp3) is 0.458. The molecule has 1 fully saturated rings. The van der Waals surface area contributed by atoms with E-state index in [1.54, 1.807) is 16.4 Å². The summed E-state index contributed by atoms with van der Waals surface area (Å²) in [5.74, 6) is 0.904. The van der Waals surface area contributed by atoms with Crippen LogP contribution in [0.3, 0.4) is 0 Å². The van der Waals surface area contributed by atoms with Crippen molar-refractivity contribution in [1.29, 1.82) is 0 Å². The molecule has 1 atom stereocenters.